The van der Waals surface area contributed by atoms with E-state index in [4.69, 9.17) is 5.73 Å². The van der Waals surface area contributed by atoms with E-state index < -0.39 is 0 Å². The number of benzene rings is 2. The third-order valence-corrected chi connectivity index (χ3v) is 3.75. The summed E-state index contributed by atoms with van der Waals surface area (Å²) in [6.45, 7) is 0. The molecule has 7 nitrogen and oxygen atoms in total. The minimum atomic E-state index is -0.339. The van der Waals surface area contributed by atoms with Crippen LogP contribution in [0, 0.1) is 0 Å². The molecule has 0 saturated carbocycles. The van der Waals surface area contributed by atoms with E-state index in [1.807, 2.05) is 18.2 Å². The number of rotatable bonds is 2. The summed E-state index contributed by atoms with van der Waals surface area (Å²) in [5.41, 5.74) is 7.63. The summed E-state index contributed by atoms with van der Waals surface area (Å²) >= 11 is 0. The van der Waals surface area contributed by atoms with Gasteiger partial charge in [-0.15, -0.1) is 0 Å². The summed E-state index contributed by atoms with van der Waals surface area (Å²) in [4.78, 5) is 21.3. The fourth-order valence-electron chi connectivity index (χ4n) is 2.73. The van der Waals surface area contributed by atoms with Crippen LogP contribution < -0.4 is 11.4 Å². The van der Waals surface area contributed by atoms with Gasteiger partial charge in [0.15, 0.2) is 11.5 Å². The lowest BCUT2D eigenvalue weighted by Gasteiger charge is -2.03. The van der Waals surface area contributed by atoms with Crippen LogP contribution in [0.15, 0.2) is 65.7 Å². The Balaban J connectivity index is 2.16. The standard InChI is InChI=1S/C17H13N5O2/c18-15-14-16(20-10-19-15)22(12-7-4-8-13(23)9-12)17(24)21(14)11-5-2-1-3-6-11/h1-10,23H,(H2,18,19,20). The maximum Gasteiger partial charge on any atom is 0.339 e. The number of para-hydroxylation sites is 1. The molecular formula is C17H13N5O2. The van der Waals surface area contributed by atoms with Crippen molar-refractivity contribution in [1.82, 2.24) is 19.1 Å². The first-order valence-electron chi connectivity index (χ1n) is 7.25. The first kappa shape index (κ1) is 14.0. The first-order valence-corrected chi connectivity index (χ1v) is 7.25. The normalized spacial score (nSPS) is 11.0. The van der Waals surface area contributed by atoms with Crippen molar-refractivity contribution in [1.29, 1.82) is 0 Å². The summed E-state index contributed by atoms with van der Waals surface area (Å²) in [6, 6.07) is 15.5. The topological polar surface area (TPSA) is 99.0 Å². The van der Waals surface area contributed by atoms with Crippen LogP contribution in [0.4, 0.5) is 5.82 Å². The van der Waals surface area contributed by atoms with Crippen molar-refractivity contribution in [3.63, 3.8) is 0 Å². The van der Waals surface area contributed by atoms with Crippen LogP contribution in [-0.4, -0.2) is 24.2 Å². The van der Waals surface area contributed by atoms with Gasteiger partial charge in [0.1, 0.15) is 17.6 Å². The molecule has 118 valence electrons. The van der Waals surface area contributed by atoms with Crippen LogP contribution >= 0.6 is 0 Å². The zero-order valence-corrected chi connectivity index (χ0v) is 12.5. The molecule has 4 aromatic rings. The van der Waals surface area contributed by atoms with E-state index in [-0.39, 0.29) is 17.3 Å². The Labute approximate surface area is 136 Å². The van der Waals surface area contributed by atoms with Crippen molar-refractivity contribution in [2.24, 2.45) is 0 Å². The molecule has 0 spiro atoms. The fourth-order valence-corrected chi connectivity index (χ4v) is 2.73. The van der Waals surface area contributed by atoms with Crippen LogP contribution in [0.3, 0.4) is 0 Å². The summed E-state index contributed by atoms with van der Waals surface area (Å²) in [6.07, 6.45) is 1.31. The highest BCUT2D eigenvalue weighted by Crippen LogP contribution is 2.23. The van der Waals surface area contributed by atoms with Crippen molar-refractivity contribution >= 4 is 17.0 Å². The molecule has 0 bridgehead atoms. The van der Waals surface area contributed by atoms with Crippen molar-refractivity contribution in [2.75, 3.05) is 5.73 Å². The average Bonchev–Trinajstić information content (AvgIpc) is 2.89. The predicted molar refractivity (Wildman–Crippen MR) is 90.5 cm³/mol. The van der Waals surface area contributed by atoms with E-state index in [9.17, 15) is 9.90 Å². The molecule has 2 aromatic heterocycles. The van der Waals surface area contributed by atoms with E-state index in [1.165, 1.54) is 27.6 Å². The maximum absolute atomic E-state index is 13.1. The number of hydrogen-bond acceptors (Lipinski definition) is 5. The van der Waals surface area contributed by atoms with Gasteiger partial charge in [0, 0.05) is 6.07 Å². The largest absolute Gasteiger partial charge is 0.508 e. The molecule has 0 aliphatic carbocycles. The summed E-state index contributed by atoms with van der Waals surface area (Å²) in [7, 11) is 0. The third kappa shape index (κ3) is 2.03. The van der Waals surface area contributed by atoms with Gasteiger partial charge >= 0.3 is 5.69 Å². The molecule has 0 radical (unpaired) electrons. The Morgan fingerprint density at radius 3 is 2.42 bits per heavy atom. The number of nitrogens with zero attached hydrogens (tertiary/aromatic N) is 4. The first-order chi connectivity index (χ1) is 11.7. The Hall–Kier alpha value is -3.61. The fraction of sp³-hybridized carbons (Fsp3) is 0. The highest BCUT2D eigenvalue weighted by molar-refractivity contribution is 5.85. The summed E-state index contributed by atoms with van der Waals surface area (Å²) in [5.74, 6) is 0.266. The lowest BCUT2D eigenvalue weighted by Crippen LogP contribution is -2.22. The Morgan fingerprint density at radius 2 is 1.67 bits per heavy atom. The minimum absolute atomic E-state index is 0.0574. The Morgan fingerprint density at radius 1 is 0.917 bits per heavy atom. The van der Waals surface area contributed by atoms with Crippen molar-refractivity contribution in [3.8, 4) is 17.1 Å². The van der Waals surface area contributed by atoms with Gasteiger partial charge in [-0.3, -0.25) is 4.57 Å². The van der Waals surface area contributed by atoms with E-state index in [0.717, 1.165) is 0 Å². The van der Waals surface area contributed by atoms with Gasteiger partial charge in [-0.1, -0.05) is 24.3 Å². The SMILES string of the molecule is Nc1ncnc2c1n(-c1ccccc1)c(=O)n2-c1cccc(O)c1. The zero-order chi connectivity index (χ0) is 16.7. The molecule has 0 amide bonds. The monoisotopic (exact) mass is 319 g/mol. The number of hydrogen-bond donors (Lipinski definition) is 2. The van der Waals surface area contributed by atoms with E-state index in [0.29, 0.717) is 22.5 Å². The molecule has 0 fully saturated rings. The van der Waals surface area contributed by atoms with Gasteiger partial charge in [0.05, 0.1) is 11.4 Å². The molecule has 4 rings (SSSR count). The van der Waals surface area contributed by atoms with E-state index in [2.05, 4.69) is 9.97 Å². The summed E-state index contributed by atoms with van der Waals surface area (Å²) < 4.78 is 2.87. The van der Waals surface area contributed by atoms with E-state index in [1.54, 1.807) is 24.3 Å². The summed E-state index contributed by atoms with van der Waals surface area (Å²) in [5, 5.41) is 9.74. The second-order valence-electron chi connectivity index (χ2n) is 5.24. The quantitative estimate of drug-likeness (QED) is 0.587. The number of aromatic nitrogens is 4. The van der Waals surface area contributed by atoms with Crippen LogP contribution in [0.5, 0.6) is 5.75 Å². The average molecular weight is 319 g/mol. The predicted octanol–water partition coefficient (Wildman–Crippen LogP) is 1.86. The van der Waals surface area contributed by atoms with Gasteiger partial charge in [0.2, 0.25) is 0 Å². The number of nitrogen functional groups attached to an aromatic ring is 1. The number of aromatic hydroxyl groups is 1. The molecule has 0 aliphatic heterocycles. The Kier molecular flexibility index (Phi) is 3.06. The van der Waals surface area contributed by atoms with Crippen molar-refractivity contribution in [3.05, 3.63) is 71.4 Å². The lowest BCUT2D eigenvalue weighted by atomic mass is 10.3. The van der Waals surface area contributed by atoms with Crippen LogP contribution in [0.2, 0.25) is 0 Å². The van der Waals surface area contributed by atoms with E-state index >= 15 is 0 Å². The molecular weight excluding hydrogens is 306 g/mol. The zero-order valence-electron chi connectivity index (χ0n) is 12.5. The molecule has 7 heteroatoms. The van der Waals surface area contributed by atoms with Gasteiger partial charge in [-0.05, 0) is 24.3 Å². The van der Waals surface area contributed by atoms with Crippen LogP contribution in [0.25, 0.3) is 22.5 Å². The number of imidazole rings is 1. The van der Waals surface area contributed by atoms with Crippen molar-refractivity contribution < 1.29 is 5.11 Å². The maximum atomic E-state index is 13.1. The minimum Gasteiger partial charge on any atom is -0.508 e. The third-order valence-electron chi connectivity index (χ3n) is 3.75. The molecule has 0 unspecified atom stereocenters. The number of fused-ring (bicyclic) bond motifs is 1. The van der Waals surface area contributed by atoms with Crippen LogP contribution in [-0.2, 0) is 0 Å². The number of anilines is 1. The molecule has 0 atom stereocenters. The number of nitrogens with two attached hydrogens (primary N) is 1. The smallest absolute Gasteiger partial charge is 0.339 e. The molecule has 3 N–H and O–H groups in total. The van der Waals surface area contributed by atoms with Crippen LogP contribution in [0.1, 0.15) is 0 Å². The molecule has 24 heavy (non-hydrogen) atoms. The number of phenols is 1. The molecule has 2 aromatic carbocycles. The van der Waals surface area contributed by atoms with Gasteiger partial charge in [-0.25, -0.2) is 19.3 Å². The second kappa shape index (κ2) is 5.24. The molecule has 0 saturated heterocycles. The molecule has 2 heterocycles. The highest BCUT2D eigenvalue weighted by atomic mass is 16.3. The second-order valence-corrected chi connectivity index (χ2v) is 5.24. The van der Waals surface area contributed by atoms with Gasteiger partial charge < -0.3 is 10.8 Å². The van der Waals surface area contributed by atoms with Gasteiger partial charge in [0.25, 0.3) is 0 Å². The van der Waals surface area contributed by atoms with Crippen molar-refractivity contribution in [2.45, 2.75) is 0 Å². The Bertz CT molecular complexity index is 1100. The number of phenolic OH excluding ortho intramolecular Hbond substituents is 1. The molecule has 0 aliphatic rings. The van der Waals surface area contributed by atoms with Gasteiger partial charge in [-0.2, -0.15) is 0 Å². The highest BCUT2D eigenvalue weighted by Gasteiger charge is 2.19. The lowest BCUT2D eigenvalue weighted by molar-refractivity contribution is 0.475.